The summed E-state index contributed by atoms with van der Waals surface area (Å²) >= 11 is 0. The molecule has 0 saturated heterocycles. The number of rotatable bonds is 4. The number of methoxy groups -OCH3 is 1. The molecule has 0 unspecified atom stereocenters. The second-order valence-corrected chi connectivity index (χ2v) is 4.25. The number of nitrogens with one attached hydrogen (secondary N) is 1. The van der Waals surface area contributed by atoms with Gasteiger partial charge in [0, 0.05) is 25.0 Å². The Balaban J connectivity index is 2.13. The molecule has 0 aliphatic rings. The summed E-state index contributed by atoms with van der Waals surface area (Å²) in [5.74, 6) is 0.666. The highest BCUT2D eigenvalue weighted by atomic mass is 16.5. The molecule has 0 aliphatic heterocycles. The van der Waals surface area contributed by atoms with Gasteiger partial charge in [-0.25, -0.2) is 0 Å². The summed E-state index contributed by atoms with van der Waals surface area (Å²) in [6.45, 7) is 2.68. The van der Waals surface area contributed by atoms with E-state index >= 15 is 0 Å². The van der Waals surface area contributed by atoms with Gasteiger partial charge in [-0.2, -0.15) is 5.26 Å². The van der Waals surface area contributed by atoms with Gasteiger partial charge in [0.05, 0.1) is 24.4 Å². The third-order valence-corrected chi connectivity index (χ3v) is 2.75. The number of hydrogen-bond acceptors (Lipinski definition) is 4. The van der Waals surface area contributed by atoms with Crippen molar-refractivity contribution in [2.24, 2.45) is 0 Å². The Hall–Kier alpha value is -2.54. The molecule has 4 nitrogen and oxygen atoms in total. The zero-order chi connectivity index (χ0) is 13.7. The Morgan fingerprint density at radius 3 is 2.84 bits per heavy atom. The molecule has 0 fully saturated rings. The van der Waals surface area contributed by atoms with Crippen molar-refractivity contribution in [1.82, 2.24) is 4.98 Å². The van der Waals surface area contributed by atoms with Crippen molar-refractivity contribution in [1.29, 1.82) is 5.26 Å². The second kappa shape index (κ2) is 5.87. The van der Waals surface area contributed by atoms with Gasteiger partial charge in [-0.15, -0.1) is 0 Å². The Morgan fingerprint density at radius 2 is 2.16 bits per heavy atom. The molecule has 0 atom stereocenters. The van der Waals surface area contributed by atoms with E-state index in [2.05, 4.69) is 22.4 Å². The summed E-state index contributed by atoms with van der Waals surface area (Å²) in [5.41, 5.74) is 3.68. The van der Waals surface area contributed by atoms with E-state index in [4.69, 9.17) is 10.00 Å². The topological polar surface area (TPSA) is 57.9 Å². The van der Waals surface area contributed by atoms with Gasteiger partial charge in [-0.1, -0.05) is 6.07 Å². The van der Waals surface area contributed by atoms with E-state index in [1.165, 1.54) is 0 Å². The quantitative estimate of drug-likeness (QED) is 0.910. The van der Waals surface area contributed by atoms with Crippen LogP contribution in [0.5, 0.6) is 5.75 Å². The first-order valence-corrected chi connectivity index (χ1v) is 5.95. The molecule has 2 aromatic rings. The van der Waals surface area contributed by atoms with E-state index < -0.39 is 0 Å². The number of aryl methyl sites for hydroxylation is 1. The van der Waals surface area contributed by atoms with E-state index in [0.717, 1.165) is 16.8 Å². The van der Waals surface area contributed by atoms with Crippen molar-refractivity contribution in [3.05, 3.63) is 53.3 Å². The first kappa shape index (κ1) is 12.9. The van der Waals surface area contributed by atoms with Crippen LogP contribution in [0, 0.1) is 18.3 Å². The maximum Gasteiger partial charge on any atom is 0.143 e. The SMILES string of the molecule is COc1cc(C#N)ccc1NCc1cncc(C)c1. The number of aromatic nitrogens is 1. The summed E-state index contributed by atoms with van der Waals surface area (Å²) in [5, 5.41) is 12.1. The Labute approximate surface area is 112 Å². The average Bonchev–Trinajstić information content (AvgIpc) is 2.45. The van der Waals surface area contributed by atoms with E-state index in [1.54, 1.807) is 19.2 Å². The fraction of sp³-hybridized carbons (Fsp3) is 0.200. The van der Waals surface area contributed by atoms with E-state index in [1.807, 2.05) is 25.4 Å². The van der Waals surface area contributed by atoms with Crippen molar-refractivity contribution in [2.75, 3.05) is 12.4 Å². The summed E-state index contributed by atoms with van der Waals surface area (Å²) in [4.78, 5) is 4.15. The van der Waals surface area contributed by atoms with Gasteiger partial charge in [0.25, 0.3) is 0 Å². The zero-order valence-corrected chi connectivity index (χ0v) is 11.0. The number of anilines is 1. The highest BCUT2D eigenvalue weighted by molar-refractivity contribution is 5.59. The fourth-order valence-corrected chi connectivity index (χ4v) is 1.82. The lowest BCUT2D eigenvalue weighted by Crippen LogP contribution is -2.02. The predicted molar refractivity (Wildman–Crippen MR) is 74.0 cm³/mol. The average molecular weight is 253 g/mol. The van der Waals surface area contributed by atoms with Crippen LogP contribution in [0.25, 0.3) is 0 Å². The smallest absolute Gasteiger partial charge is 0.143 e. The van der Waals surface area contributed by atoms with E-state index in [9.17, 15) is 0 Å². The first-order valence-electron chi connectivity index (χ1n) is 5.95. The lowest BCUT2D eigenvalue weighted by atomic mass is 10.2. The number of nitriles is 1. The van der Waals surface area contributed by atoms with Crippen LogP contribution >= 0.6 is 0 Å². The number of nitrogens with zero attached hydrogens (tertiary/aromatic N) is 2. The summed E-state index contributed by atoms with van der Waals surface area (Å²) in [6, 6.07) is 9.50. The molecule has 1 aromatic carbocycles. The fourth-order valence-electron chi connectivity index (χ4n) is 1.82. The molecule has 0 saturated carbocycles. The maximum absolute atomic E-state index is 8.85. The Kier molecular flexibility index (Phi) is 3.99. The molecule has 0 radical (unpaired) electrons. The van der Waals surface area contributed by atoms with Crippen LogP contribution in [0.1, 0.15) is 16.7 Å². The van der Waals surface area contributed by atoms with Gasteiger partial charge in [0.1, 0.15) is 5.75 Å². The Morgan fingerprint density at radius 1 is 1.32 bits per heavy atom. The van der Waals surface area contributed by atoms with Gasteiger partial charge >= 0.3 is 0 Å². The monoisotopic (exact) mass is 253 g/mol. The normalized spacial score (nSPS) is 9.74. The number of ether oxygens (including phenoxy) is 1. The minimum absolute atomic E-state index is 0.583. The number of pyridine rings is 1. The minimum atomic E-state index is 0.583. The van der Waals surface area contributed by atoms with Gasteiger partial charge in [0.15, 0.2) is 0 Å². The molecule has 0 spiro atoms. The van der Waals surface area contributed by atoms with Crippen LogP contribution < -0.4 is 10.1 Å². The van der Waals surface area contributed by atoms with Crippen molar-refractivity contribution >= 4 is 5.69 Å². The van der Waals surface area contributed by atoms with Gasteiger partial charge < -0.3 is 10.1 Å². The molecular formula is C15H15N3O. The standard InChI is InChI=1S/C15H15N3O/c1-11-5-13(9-17-8-11)10-18-14-4-3-12(7-16)6-15(14)19-2/h3-6,8-9,18H,10H2,1-2H3. The lowest BCUT2D eigenvalue weighted by molar-refractivity contribution is 0.416. The molecule has 96 valence electrons. The third-order valence-electron chi connectivity index (χ3n) is 2.75. The molecule has 2 rings (SSSR count). The highest BCUT2D eigenvalue weighted by Gasteiger charge is 2.04. The van der Waals surface area contributed by atoms with Crippen molar-refractivity contribution in [3.8, 4) is 11.8 Å². The van der Waals surface area contributed by atoms with Crippen LogP contribution in [-0.4, -0.2) is 12.1 Å². The van der Waals surface area contributed by atoms with E-state index in [0.29, 0.717) is 17.9 Å². The van der Waals surface area contributed by atoms with Crippen LogP contribution in [0.4, 0.5) is 5.69 Å². The van der Waals surface area contributed by atoms with Crippen molar-refractivity contribution in [2.45, 2.75) is 13.5 Å². The number of benzene rings is 1. The molecule has 0 amide bonds. The molecular weight excluding hydrogens is 238 g/mol. The lowest BCUT2D eigenvalue weighted by Gasteiger charge is -2.11. The van der Waals surface area contributed by atoms with Crippen LogP contribution in [-0.2, 0) is 6.54 Å². The molecule has 1 heterocycles. The second-order valence-electron chi connectivity index (χ2n) is 4.25. The molecule has 0 bridgehead atoms. The molecule has 19 heavy (non-hydrogen) atoms. The van der Waals surface area contributed by atoms with Crippen molar-refractivity contribution < 1.29 is 4.74 Å². The summed E-state index contributed by atoms with van der Waals surface area (Å²) in [6.07, 6.45) is 3.65. The summed E-state index contributed by atoms with van der Waals surface area (Å²) < 4.78 is 5.27. The van der Waals surface area contributed by atoms with Crippen LogP contribution in [0.3, 0.4) is 0 Å². The Bertz CT molecular complexity index is 617. The third kappa shape index (κ3) is 3.23. The molecule has 1 N–H and O–H groups in total. The maximum atomic E-state index is 8.85. The molecule has 1 aromatic heterocycles. The van der Waals surface area contributed by atoms with E-state index in [-0.39, 0.29) is 0 Å². The van der Waals surface area contributed by atoms with Crippen molar-refractivity contribution in [3.63, 3.8) is 0 Å². The predicted octanol–water partition coefficient (Wildman–Crippen LogP) is 2.88. The molecule has 0 aliphatic carbocycles. The van der Waals surface area contributed by atoms with Crippen LogP contribution in [0.15, 0.2) is 36.7 Å². The highest BCUT2D eigenvalue weighted by Crippen LogP contribution is 2.25. The first-order chi connectivity index (χ1) is 9.22. The van der Waals surface area contributed by atoms with Gasteiger partial charge in [0.2, 0.25) is 0 Å². The van der Waals surface area contributed by atoms with Crippen LogP contribution in [0.2, 0.25) is 0 Å². The number of hydrogen-bond donors (Lipinski definition) is 1. The molecule has 4 heteroatoms. The van der Waals surface area contributed by atoms with Gasteiger partial charge in [-0.3, -0.25) is 4.98 Å². The largest absolute Gasteiger partial charge is 0.495 e. The minimum Gasteiger partial charge on any atom is -0.495 e. The summed E-state index contributed by atoms with van der Waals surface area (Å²) in [7, 11) is 1.59. The zero-order valence-electron chi connectivity index (χ0n) is 11.0. The van der Waals surface area contributed by atoms with Gasteiger partial charge in [-0.05, 0) is 30.2 Å².